The summed E-state index contributed by atoms with van der Waals surface area (Å²) in [5, 5.41) is 22.9. The molecule has 0 saturated heterocycles. The number of fused-ring (bicyclic) bond motifs is 5. The quantitative estimate of drug-likeness (QED) is 0.335. The molecule has 34 heavy (non-hydrogen) atoms. The highest BCUT2D eigenvalue weighted by Crippen LogP contribution is 2.33. The summed E-state index contributed by atoms with van der Waals surface area (Å²) in [6, 6.07) is 25.1. The van der Waals surface area contributed by atoms with Crippen LogP contribution in [-0.2, 0) is 12.8 Å². The molecule has 0 saturated carbocycles. The minimum atomic E-state index is -0.304. The monoisotopic (exact) mass is 449 g/mol. The van der Waals surface area contributed by atoms with Gasteiger partial charge >= 0.3 is 0 Å². The molecule has 0 aliphatic heterocycles. The minimum absolute atomic E-state index is 0.0409. The maximum atomic E-state index is 13.4. The predicted molar refractivity (Wildman–Crippen MR) is 130 cm³/mol. The third kappa shape index (κ3) is 3.40. The lowest BCUT2D eigenvalue weighted by Gasteiger charge is -2.11. The zero-order valence-corrected chi connectivity index (χ0v) is 18.1. The van der Waals surface area contributed by atoms with Crippen LogP contribution in [0.5, 0.6) is 11.6 Å². The van der Waals surface area contributed by atoms with Crippen LogP contribution in [0.4, 0.5) is 4.39 Å². The molecule has 2 aromatic heterocycles. The van der Waals surface area contributed by atoms with Crippen molar-refractivity contribution in [2.75, 3.05) is 0 Å². The van der Waals surface area contributed by atoms with E-state index in [2.05, 4.69) is 0 Å². The number of nitrogens with zero attached hydrogens (tertiary/aromatic N) is 3. The highest BCUT2D eigenvalue weighted by atomic mass is 19.1. The first-order valence-corrected chi connectivity index (χ1v) is 11.0. The van der Waals surface area contributed by atoms with Gasteiger partial charge in [-0.1, -0.05) is 48.5 Å². The van der Waals surface area contributed by atoms with Gasteiger partial charge in [0.15, 0.2) is 5.65 Å². The fourth-order valence-corrected chi connectivity index (χ4v) is 4.47. The average Bonchev–Trinajstić information content (AvgIpc) is 3.17. The molecule has 2 N–H and O–H groups in total. The minimum Gasteiger partial charge on any atom is -0.508 e. The first-order valence-electron chi connectivity index (χ1n) is 11.0. The predicted octanol–water partition coefficient (Wildman–Crippen LogP) is 5.77. The molecule has 166 valence electrons. The van der Waals surface area contributed by atoms with Crippen molar-refractivity contribution in [2.45, 2.75) is 12.8 Å². The van der Waals surface area contributed by atoms with Crippen LogP contribution < -0.4 is 0 Å². The maximum Gasteiger partial charge on any atom is 0.220 e. The largest absolute Gasteiger partial charge is 0.508 e. The Morgan fingerprint density at radius 2 is 1.47 bits per heavy atom. The second-order valence-corrected chi connectivity index (χ2v) is 8.40. The first-order chi connectivity index (χ1) is 16.6. The summed E-state index contributed by atoms with van der Waals surface area (Å²) in [5.74, 6) is -0.0788. The summed E-state index contributed by atoms with van der Waals surface area (Å²) in [6.45, 7) is 0. The van der Waals surface area contributed by atoms with Gasteiger partial charge in [-0.3, -0.25) is 4.40 Å². The van der Waals surface area contributed by atoms with Crippen molar-refractivity contribution in [3.05, 3.63) is 113 Å². The fourth-order valence-electron chi connectivity index (χ4n) is 4.47. The Kier molecular flexibility index (Phi) is 4.66. The van der Waals surface area contributed by atoms with Crippen LogP contribution in [0.1, 0.15) is 22.5 Å². The summed E-state index contributed by atoms with van der Waals surface area (Å²) < 4.78 is 15.1. The molecule has 0 aliphatic carbocycles. The number of phenolic OH excluding ortho intramolecular Hbond substituents is 1. The normalized spacial score (nSPS) is 11.6. The van der Waals surface area contributed by atoms with E-state index >= 15 is 0 Å². The first kappa shape index (κ1) is 20.2. The molecule has 6 heteroatoms. The molecule has 2 heterocycles. The van der Waals surface area contributed by atoms with Gasteiger partial charge < -0.3 is 10.2 Å². The topological polar surface area (TPSA) is 70.7 Å². The number of aromatic hydroxyl groups is 2. The van der Waals surface area contributed by atoms with Crippen molar-refractivity contribution in [3.63, 3.8) is 0 Å². The molecule has 6 rings (SSSR count). The molecule has 5 nitrogen and oxygen atoms in total. The molecule has 6 aromatic rings. The molecule has 0 fully saturated rings. The van der Waals surface area contributed by atoms with Gasteiger partial charge in [0.2, 0.25) is 5.88 Å². The Morgan fingerprint density at radius 1 is 0.735 bits per heavy atom. The Bertz CT molecular complexity index is 1680. The summed E-state index contributed by atoms with van der Waals surface area (Å²) in [7, 11) is 0. The number of rotatable bonds is 4. The van der Waals surface area contributed by atoms with Crippen LogP contribution >= 0.6 is 0 Å². The van der Waals surface area contributed by atoms with E-state index in [4.69, 9.17) is 9.97 Å². The van der Waals surface area contributed by atoms with E-state index < -0.39 is 0 Å². The van der Waals surface area contributed by atoms with Crippen LogP contribution in [0.15, 0.2) is 84.9 Å². The van der Waals surface area contributed by atoms with E-state index in [0.717, 1.165) is 38.6 Å². The zero-order valence-electron chi connectivity index (χ0n) is 18.1. The number of hydrogen-bond acceptors (Lipinski definition) is 4. The Balaban J connectivity index is 1.62. The highest BCUT2D eigenvalue weighted by molar-refractivity contribution is 6.05. The summed E-state index contributed by atoms with van der Waals surface area (Å²) >= 11 is 0. The number of phenols is 1. The fraction of sp³-hybridized carbons (Fsp3) is 0.0714. The molecular weight excluding hydrogens is 429 g/mol. The van der Waals surface area contributed by atoms with E-state index in [1.807, 2.05) is 48.5 Å². The molecule has 0 aliphatic rings. The van der Waals surface area contributed by atoms with Gasteiger partial charge in [-0.15, -0.1) is 0 Å². The smallest absolute Gasteiger partial charge is 0.220 e. The Morgan fingerprint density at radius 3 is 2.26 bits per heavy atom. The zero-order chi connectivity index (χ0) is 23.2. The van der Waals surface area contributed by atoms with Crippen LogP contribution in [0.2, 0.25) is 0 Å². The van der Waals surface area contributed by atoms with Crippen molar-refractivity contribution in [1.82, 2.24) is 14.4 Å². The van der Waals surface area contributed by atoms with Gasteiger partial charge in [0.1, 0.15) is 17.3 Å². The van der Waals surface area contributed by atoms with E-state index in [1.54, 1.807) is 28.7 Å². The lowest BCUT2D eigenvalue weighted by molar-refractivity contribution is 0.444. The Hall–Kier alpha value is -4.45. The molecule has 0 radical (unpaired) electrons. The third-order valence-electron chi connectivity index (χ3n) is 6.12. The summed E-state index contributed by atoms with van der Waals surface area (Å²) in [4.78, 5) is 9.79. The van der Waals surface area contributed by atoms with Crippen LogP contribution in [0, 0.1) is 5.82 Å². The lowest BCUT2D eigenvalue weighted by Crippen LogP contribution is -2.01. The van der Waals surface area contributed by atoms with Crippen LogP contribution in [0.25, 0.3) is 27.5 Å². The van der Waals surface area contributed by atoms with E-state index in [9.17, 15) is 14.6 Å². The number of hydrogen-bond donors (Lipinski definition) is 2. The third-order valence-corrected chi connectivity index (χ3v) is 6.12. The van der Waals surface area contributed by atoms with Gasteiger partial charge in [0.25, 0.3) is 0 Å². The summed E-state index contributed by atoms with van der Waals surface area (Å²) in [6.07, 6.45) is 0.905. The number of aromatic nitrogens is 3. The SMILES string of the molecule is Oc1ccc2c(ccc3c2nc(Cc2ccccc2)c2nc(Cc4ccc(F)cc4)c(O)n23)c1. The molecule has 0 amide bonds. The number of benzene rings is 4. The van der Waals surface area contributed by atoms with E-state index in [-0.39, 0.29) is 17.4 Å². The summed E-state index contributed by atoms with van der Waals surface area (Å²) in [5.41, 5.74) is 5.20. The van der Waals surface area contributed by atoms with Gasteiger partial charge in [0, 0.05) is 18.2 Å². The van der Waals surface area contributed by atoms with Crippen molar-refractivity contribution in [1.29, 1.82) is 0 Å². The van der Waals surface area contributed by atoms with E-state index in [0.29, 0.717) is 24.2 Å². The Labute approximate surface area is 194 Å². The number of imidazole rings is 1. The number of halogens is 1. The van der Waals surface area contributed by atoms with Crippen molar-refractivity contribution in [3.8, 4) is 11.6 Å². The second-order valence-electron chi connectivity index (χ2n) is 8.40. The second kappa shape index (κ2) is 7.85. The average molecular weight is 449 g/mol. The van der Waals surface area contributed by atoms with Crippen LogP contribution in [0.3, 0.4) is 0 Å². The molecule has 0 atom stereocenters. The maximum absolute atomic E-state index is 13.4. The van der Waals surface area contributed by atoms with Crippen molar-refractivity contribution < 1.29 is 14.6 Å². The molecule has 0 unspecified atom stereocenters. The standard InChI is InChI=1S/C28H20FN3O2/c29-20-9-6-18(7-10-20)15-24-28(34)32-25-13-8-19-16-21(33)11-12-22(19)26(25)30-23(27(32)31-24)14-17-4-2-1-3-5-17/h1-13,16,33-34H,14-15H2. The molecule has 4 aromatic carbocycles. The lowest BCUT2D eigenvalue weighted by atomic mass is 10.1. The van der Waals surface area contributed by atoms with Crippen LogP contribution in [-0.4, -0.2) is 24.6 Å². The van der Waals surface area contributed by atoms with Gasteiger partial charge in [-0.2, -0.15) is 0 Å². The molecule has 0 bridgehead atoms. The van der Waals surface area contributed by atoms with Gasteiger partial charge in [0.05, 0.1) is 16.7 Å². The van der Waals surface area contributed by atoms with Crippen molar-refractivity contribution in [2.24, 2.45) is 0 Å². The molecule has 0 spiro atoms. The van der Waals surface area contributed by atoms with Gasteiger partial charge in [-0.25, -0.2) is 14.4 Å². The highest BCUT2D eigenvalue weighted by Gasteiger charge is 2.20. The van der Waals surface area contributed by atoms with Crippen molar-refractivity contribution >= 4 is 27.5 Å². The molecular formula is C28H20FN3O2. The van der Waals surface area contributed by atoms with E-state index in [1.165, 1.54) is 12.1 Å². The van der Waals surface area contributed by atoms with Gasteiger partial charge in [-0.05, 0) is 52.9 Å².